The molecule has 0 aliphatic heterocycles. The van der Waals surface area contributed by atoms with Crippen LogP contribution >= 0.6 is 15.9 Å². The number of methoxy groups -OCH3 is 1. The molecule has 1 N–H and O–H groups in total. The Morgan fingerprint density at radius 3 is 2.48 bits per heavy atom. The topological polar surface area (TPSA) is 47.6 Å². The number of carbonyl (C=O) groups is 1. The number of hydrogen-bond donors (Lipinski definition) is 1. The van der Waals surface area contributed by atoms with Gasteiger partial charge >= 0.3 is 0 Å². The number of anilines is 1. The van der Waals surface area contributed by atoms with E-state index < -0.39 is 0 Å². The molecule has 110 valence electrons. The highest BCUT2D eigenvalue weighted by molar-refractivity contribution is 9.10. The third-order valence-electron chi connectivity index (χ3n) is 2.84. The van der Waals surface area contributed by atoms with E-state index in [1.807, 2.05) is 6.92 Å². The SMILES string of the molecule is CCOc1ccc(C(=O)Nc2ccc(OC)cc2)cc1Br. The van der Waals surface area contributed by atoms with Crippen molar-refractivity contribution in [1.82, 2.24) is 0 Å². The van der Waals surface area contributed by atoms with Crippen LogP contribution < -0.4 is 14.8 Å². The molecule has 1 amide bonds. The first-order valence-electron chi connectivity index (χ1n) is 6.51. The first-order chi connectivity index (χ1) is 10.1. The van der Waals surface area contributed by atoms with E-state index in [1.165, 1.54) is 0 Å². The molecule has 0 atom stereocenters. The fourth-order valence-electron chi connectivity index (χ4n) is 1.79. The molecule has 0 radical (unpaired) electrons. The molecule has 0 spiro atoms. The van der Waals surface area contributed by atoms with Gasteiger partial charge in [0.2, 0.25) is 0 Å². The van der Waals surface area contributed by atoms with Gasteiger partial charge in [0.1, 0.15) is 11.5 Å². The summed E-state index contributed by atoms with van der Waals surface area (Å²) in [7, 11) is 1.60. The number of nitrogens with one attached hydrogen (secondary N) is 1. The van der Waals surface area contributed by atoms with E-state index in [-0.39, 0.29) is 5.91 Å². The van der Waals surface area contributed by atoms with Crippen molar-refractivity contribution >= 4 is 27.5 Å². The Bertz CT molecular complexity index is 626. The van der Waals surface area contributed by atoms with Crippen molar-refractivity contribution in [2.24, 2.45) is 0 Å². The van der Waals surface area contributed by atoms with Crippen molar-refractivity contribution in [2.75, 3.05) is 19.0 Å². The molecule has 0 saturated carbocycles. The molecule has 0 unspecified atom stereocenters. The van der Waals surface area contributed by atoms with E-state index in [9.17, 15) is 4.79 Å². The first kappa shape index (κ1) is 15.4. The van der Waals surface area contributed by atoms with E-state index in [0.29, 0.717) is 17.9 Å². The second-order valence-electron chi connectivity index (χ2n) is 4.26. The van der Waals surface area contributed by atoms with E-state index in [4.69, 9.17) is 9.47 Å². The summed E-state index contributed by atoms with van der Waals surface area (Å²) in [6.45, 7) is 2.49. The van der Waals surface area contributed by atoms with E-state index in [2.05, 4.69) is 21.2 Å². The number of ether oxygens (including phenoxy) is 2. The summed E-state index contributed by atoms with van der Waals surface area (Å²) < 4.78 is 11.3. The standard InChI is InChI=1S/C16H16BrNO3/c1-3-21-15-9-4-11(10-14(15)17)16(19)18-12-5-7-13(20-2)8-6-12/h4-10H,3H2,1-2H3,(H,18,19). The van der Waals surface area contributed by atoms with Gasteiger partial charge in [-0.25, -0.2) is 0 Å². The van der Waals surface area contributed by atoms with Crippen LogP contribution in [0.15, 0.2) is 46.9 Å². The first-order valence-corrected chi connectivity index (χ1v) is 7.31. The average molecular weight is 350 g/mol. The van der Waals surface area contributed by atoms with Crippen LogP contribution in [-0.2, 0) is 0 Å². The molecule has 4 nitrogen and oxygen atoms in total. The largest absolute Gasteiger partial charge is 0.497 e. The van der Waals surface area contributed by atoms with E-state index >= 15 is 0 Å². The predicted molar refractivity (Wildman–Crippen MR) is 86.3 cm³/mol. The number of carbonyl (C=O) groups excluding carboxylic acids is 1. The molecule has 0 aromatic heterocycles. The van der Waals surface area contributed by atoms with Gasteiger partial charge in [-0.2, -0.15) is 0 Å². The van der Waals surface area contributed by atoms with Gasteiger partial charge in [0.15, 0.2) is 0 Å². The molecule has 0 fully saturated rings. The van der Waals surface area contributed by atoms with Crippen molar-refractivity contribution in [2.45, 2.75) is 6.92 Å². The summed E-state index contributed by atoms with van der Waals surface area (Å²) in [5.41, 5.74) is 1.27. The van der Waals surface area contributed by atoms with Crippen LogP contribution in [0.25, 0.3) is 0 Å². The lowest BCUT2D eigenvalue weighted by Gasteiger charge is -2.09. The van der Waals surface area contributed by atoms with Crippen molar-refractivity contribution in [3.05, 3.63) is 52.5 Å². The zero-order chi connectivity index (χ0) is 15.2. The molecule has 2 rings (SSSR count). The van der Waals surface area contributed by atoms with Crippen LogP contribution in [0.3, 0.4) is 0 Å². The summed E-state index contributed by atoms with van der Waals surface area (Å²) in [5, 5.41) is 2.83. The van der Waals surface area contributed by atoms with Gasteiger partial charge in [0, 0.05) is 11.3 Å². The van der Waals surface area contributed by atoms with Crippen LogP contribution in [0.2, 0.25) is 0 Å². The maximum absolute atomic E-state index is 12.2. The van der Waals surface area contributed by atoms with Gasteiger partial charge in [-0.3, -0.25) is 4.79 Å². The lowest BCUT2D eigenvalue weighted by Crippen LogP contribution is -2.11. The Labute approximate surface area is 132 Å². The smallest absolute Gasteiger partial charge is 0.255 e. The summed E-state index contributed by atoms with van der Waals surface area (Å²) in [5.74, 6) is 1.29. The van der Waals surface area contributed by atoms with Crippen LogP contribution in [0.1, 0.15) is 17.3 Å². The van der Waals surface area contributed by atoms with Crippen LogP contribution in [0.4, 0.5) is 5.69 Å². The minimum Gasteiger partial charge on any atom is -0.497 e. The highest BCUT2D eigenvalue weighted by Crippen LogP contribution is 2.26. The molecule has 5 heteroatoms. The molecule has 0 heterocycles. The Hall–Kier alpha value is -2.01. The number of halogens is 1. The van der Waals surface area contributed by atoms with Crippen molar-refractivity contribution in [1.29, 1.82) is 0 Å². The zero-order valence-electron chi connectivity index (χ0n) is 11.9. The van der Waals surface area contributed by atoms with Gasteiger partial charge in [0.25, 0.3) is 5.91 Å². The highest BCUT2D eigenvalue weighted by Gasteiger charge is 2.09. The maximum Gasteiger partial charge on any atom is 0.255 e. The lowest BCUT2D eigenvalue weighted by molar-refractivity contribution is 0.102. The third kappa shape index (κ3) is 3.98. The molecule has 0 aliphatic rings. The average Bonchev–Trinajstić information content (AvgIpc) is 2.50. The number of rotatable bonds is 5. The lowest BCUT2D eigenvalue weighted by atomic mass is 10.2. The molecular formula is C16H16BrNO3. The Morgan fingerprint density at radius 2 is 1.90 bits per heavy atom. The second-order valence-corrected chi connectivity index (χ2v) is 5.12. The second kappa shape index (κ2) is 7.13. The predicted octanol–water partition coefficient (Wildman–Crippen LogP) is 4.11. The molecule has 0 bridgehead atoms. The van der Waals surface area contributed by atoms with Crippen LogP contribution in [0.5, 0.6) is 11.5 Å². The minimum atomic E-state index is -0.177. The van der Waals surface area contributed by atoms with Crippen LogP contribution in [-0.4, -0.2) is 19.6 Å². The third-order valence-corrected chi connectivity index (χ3v) is 3.46. The Balaban J connectivity index is 2.10. The summed E-state index contributed by atoms with van der Waals surface area (Å²) >= 11 is 3.40. The van der Waals surface area contributed by atoms with Crippen molar-refractivity contribution < 1.29 is 14.3 Å². The molecule has 2 aromatic rings. The van der Waals surface area contributed by atoms with E-state index in [0.717, 1.165) is 16.0 Å². The maximum atomic E-state index is 12.2. The number of hydrogen-bond acceptors (Lipinski definition) is 3. The van der Waals surface area contributed by atoms with Gasteiger partial charge in [-0.1, -0.05) is 0 Å². The summed E-state index contributed by atoms with van der Waals surface area (Å²) in [4.78, 5) is 12.2. The molecule has 21 heavy (non-hydrogen) atoms. The Kier molecular flexibility index (Phi) is 5.22. The zero-order valence-corrected chi connectivity index (χ0v) is 13.4. The number of amides is 1. The fourth-order valence-corrected chi connectivity index (χ4v) is 2.29. The quantitative estimate of drug-likeness (QED) is 0.883. The van der Waals surface area contributed by atoms with Gasteiger partial charge < -0.3 is 14.8 Å². The van der Waals surface area contributed by atoms with Crippen molar-refractivity contribution in [3.8, 4) is 11.5 Å². The minimum absolute atomic E-state index is 0.177. The molecule has 0 aliphatic carbocycles. The normalized spacial score (nSPS) is 10.0. The molecule has 2 aromatic carbocycles. The van der Waals surface area contributed by atoms with E-state index in [1.54, 1.807) is 49.6 Å². The highest BCUT2D eigenvalue weighted by atomic mass is 79.9. The monoisotopic (exact) mass is 349 g/mol. The summed E-state index contributed by atoms with van der Waals surface area (Å²) in [6, 6.07) is 12.4. The summed E-state index contributed by atoms with van der Waals surface area (Å²) in [6.07, 6.45) is 0. The molecule has 0 saturated heterocycles. The number of benzene rings is 2. The van der Waals surface area contributed by atoms with Gasteiger partial charge in [-0.05, 0) is 65.3 Å². The Morgan fingerprint density at radius 1 is 1.19 bits per heavy atom. The van der Waals surface area contributed by atoms with Gasteiger partial charge in [-0.15, -0.1) is 0 Å². The van der Waals surface area contributed by atoms with Crippen molar-refractivity contribution in [3.63, 3.8) is 0 Å². The van der Waals surface area contributed by atoms with Crippen LogP contribution in [0, 0.1) is 0 Å². The molecular weight excluding hydrogens is 334 g/mol. The van der Waals surface area contributed by atoms with Gasteiger partial charge in [0.05, 0.1) is 18.2 Å². The fraction of sp³-hybridized carbons (Fsp3) is 0.188.